The molecule has 1 aliphatic rings. The molecule has 1 aromatic heterocycles. The van der Waals surface area contributed by atoms with Crippen molar-refractivity contribution in [2.24, 2.45) is 0 Å². The normalized spacial score (nSPS) is 15.8. The minimum absolute atomic E-state index is 0.126. The maximum atomic E-state index is 11.4. The number of anilines is 1. The van der Waals surface area contributed by atoms with Crippen molar-refractivity contribution in [2.45, 2.75) is 19.9 Å². The standard InChI is InChI=1S/C17H22N4O2/c1-2-13-3-4-15(22)14(9-13)11-20-5-7-21(8-6-20)16-10-17(23)19-12-18-16/h3-4,9-10,12,22H,2,5-8,11H2,1H3,(H,18,19,23). The predicted molar refractivity (Wildman–Crippen MR) is 89.8 cm³/mol. The lowest BCUT2D eigenvalue weighted by Crippen LogP contribution is -2.46. The summed E-state index contributed by atoms with van der Waals surface area (Å²) in [5.74, 6) is 1.09. The van der Waals surface area contributed by atoms with E-state index in [-0.39, 0.29) is 5.56 Å². The molecule has 1 fully saturated rings. The molecule has 1 aliphatic heterocycles. The highest BCUT2D eigenvalue weighted by Gasteiger charge is 2.19. The van der Waals surface area contributed by atoms with Gasteiger partial charge in [0, 0.05) is 44.4 Å². The minimum Gasteiger partial charge on any atom is -0.508 e. The van der Waals surface area contributed by atoms with Gasteiger partial charge in [-0.3, -0.25) is 9.69 Å². The largest absolute Gasteiger partial charge is 0.508 e. The van der Waals surface area contributed by atoms with Crippen LogP contribution in [0.4, 0.5) is 5.82 Å². The Morgan fingerprint density at radius 3 is 2.70 bits per heavy atom. The Kier molecular flexibility index (Phi) is 4.62. The fraction of sp³-hybridized carbons (Fsp3) is 0.412. The van der Waals surface area contributed by atoms with Crippen LogP contribution in [0.5, 0.6) is 5.75 Å². The first-order valence-electron chi connectivity index (χ1n) is 7.98. The summed E-state index contributed by atoms with van der Waals surface area (Å²) in [7, 11) is 0. The second kappa shape index (κ2) is 6.83. The first-order valence-corrected chi connectivity index (χ1v) is 7.98. The molecule has 2 aromatic rings. The van der Waals surface area contributed by atoms with Crippen molar-refractivity contribution in [3.05, 3.63) is 52.1 Å². The molecule has 0 unspecified atom stereocenters. The number of phenolic OH excluding ortho intramolecular Hbond substituents is 1. The molecule has 0 atom stereocenters. The van der Waals surface area contributed by atoms with E-state index in [0.29, 0.717) is 5.75 Å². The van der Waals surface area contributed by atoms with Gasteiger partial charge < -0.3 is 15.0 Å². The number of piperazine rings is 1. The van der Waals surface area contributed by atoms with E-state index >= 15 is 0 Å². The molecule has 6 heteroatoms. The smallest absolute Gasteiger partial charge is 0.252 e. The van der Waals surface area contributed by atoms with Gasteiger partial charge in [-0.05, 0) is 18.1 Å². The molecule has 3 rings (SSSR count). The molecule has 6 nitrogen and oxygen atoms in total. The molecule has 2 N–H and O–H groups in total. The van der Waals surface area contributed by atoms with Gasteiger partial charge in [0.25, 0.3) is 5.56 Å². The Labute approximate surface area is 135 Å². The van der Waals surface area contributed by atoms with Gasteiger partial charge in [0.2, 0.25) is 0 Å². The van der Waals surface area contributed by atoms with Crippen LogP contribution >= 0.6 is 0 Å². The number of aromatic nitrogens is 2. The quantitative estimate of drug-likeness (QED) is 0.891. The average molecular weight is 314 g/mol. The van der Waals surface area contributed by atoms with Gasteiger partial charge in [-0.15, -0.1) is 0 Å². The lowest BCUT2D eigenvalue weighted by molar-refractivity contribution is 0.246. The first-order chi connectivity index (χ1) is 11.2. The van der Waals surface area contributed by atoms with E-state index in [9.17, 15) is 9.90 Å². The summed E-state index contributed by atoms with van der Waals surface area (Å²) >= 11 is 0. The van der Waals surface area contributed by atoms with Gasteiger partial charge in [0.1, 0.15) is 11.6 Å². The second-order valence-corrected chi connectivity index (χ2v) is 5.85. The number of aryl methyl sites for hydroxylation is 1. The van der Waals surface area contributed by atoms with E-state index in [2.05, 4.69) is 32.8 Å². The first kappa shape index (κ1) is 15.6. The number of hydrogen-bond acceptors (Lipinski definition) is 5. The fourth-order valence-corrected chi connectivity index (χ4v) is 2.89. The lowest BCUT2D eigenvalue weighted by Gasteiger charge is -2.35. The Morgan fingerprint density at radius 2 is 2.00 bits per heavy atom. The molecule has 0 saturated carbocycles. The third-order valence-corrected chi connectivity index (χ3v) is 4.31. The summed E-state index contributed by atoms with van der Waals surface area (Å²) in [6.45, 7) is 6.27. The monoisotopic (exact) mass is 314 g/mol. The molecule has 1 aromatic carbocycles. The van der Waals surface area contributed by atoms with Crippen LogP contribution < -0.4 is 10.5 Å². The number of hydrogen-bond donors (Lipinski definition) is 2. The zero-order valence-corrected chi connectivity index (χ0v) is 13.3. The number of aromatic amines is 1. The molecule has 0 spiro atoms. The maximum absolute atomic E-state index is 11.4. The van der Waals surface area contributed by atoms with Gasteiger partial charge in [0.05, 0.1) is 6.33 Å². The summed E-state index contributed by atoms with van der Waals surface area (Å²) in [5.41, 5.74) is 2.09. The molecule has 1 saturated heterocycles. The molecule has 0 amide bonds. The Balaban J connectivity index is 1.62. The minimum atomic E-state index is -0.126. The van der Waals surface area contributed by atoms with Crippen LogP contribution in [0.1, 0.15) is 18.1 Å². The summed E-state index contributed by atoms with van der Waals surface area (Å²) in [5, 5.41) is 10.0. The van der Waals surface area contributed by atoms with E-state index in [1.165, 1.54) is 18.0 Å². The number of nitrogens with zero attached hydrogens (tertiary/aromatic N) is 3. The number of phenols is 1. The van der Waals surface area contributed by atoms with E-state index in [4.69, 9.17) is 0 Å². The van der Waals surface area contributed by atoms with E-state index in [1.54, 1.807) is 6.07 Å². The van der Waals surface area contributed by atoms with E-state index in [0.717, 1.165) is 50.5 Å². The van der Waals surface area contributed by atoms with Crippen molar-refractivity contribution in [1.82, 2.24) is 14.9 Å². The molecule has 122 valence electrons. The third-order valence-electron chi connectivity index (χ3n) is 4.31. The Morgan fingerprint density at radius 1 is 1.22 bits per heavy atom. The fourth-order valence-electron chi connectivity index (χ4n) is 2.89. The van der Waals surface area contributed by atoms with E-state index < -0.39 is 0 Å². The van der Waals surface area contributed by atoms with Gasteiger partial charge in [-0.2, -0.15) is 0 Å². The molecular formula is C17H22N4O2. The van der Waals surface area contributed by atoms with Crippen molar-refractivity contribution in [1.29, 1.82) is 0 Å². The van der Waals surface area contributed by atoms with Crippen LogP contribution in [0, 0.1) is 0 Å². The van der Waals surface area contributed by atoms with Crippen LogP contribution in [-0.4, -0.2) is 46.2 Å². The molecule has 0 radical (unpaired) electrons. The zero-order valence-electron chi connectivity index (χ0n) is 13.3. The van der Waals surface area contributed by atoms with Gasteiger partial charge in [0.15, 0.2) is 0 Å². The van der Waals surface area contributed by atoms with E-state index in [1.807, 2.05) is 6.07 Å². The van der Waals surface area contributed by atoms with Crippen molar-refractivity contribution in [3.8, 4) is 5.75 Å². The summed E-state index contributed by atoms with van der Waals surface area (Å²) < 4.78 is 0. The average Bonchev–Trinajstić information content (AvgIpc) is 2.57. The van der Waals surface area contributed by atoms with Crippen LogP contribution in [0.25, 0.3) is 0 Å². The lowest BCUT2D eigenvalue weighted by atomic mass is 10.1. The van der Waals surface area contributed by atoms with Gasteiger partial charge in [-0.1, -0.05) is 19.1 Å². The predicted octanol–water partition coefficient (Wildman–Crippen LogP) is 1.36. The zero-order chi connectivity index (χ0) is 16.2. The van der Waals surface area contributed by atoms with Crippen LogP contribution in [0.2, 0.25) is 0 Å². The second-order valence-electron chi connectivity index (χ2n) is 5.85. The Hall–Kier alpha value is -2.34. The highest BCUT2D eigenvalue weighted by molar-refractivity contribution is 5.38. The van der Waals surface area contributed by atoms with Gasteiger partial charge >= 0.3 is 0 Å². The highest BCUT2D eigenvalue weighted by Crippen LogP contribution is 2.22. The summed E-state index contributed by atoms with van der Waals surface area (Å²) in [6.07, 6.45) is 2.41. The van der Waals surface area contributed by atoms with Crippen LogP contribution in [0.15, 0.2) is 35.4 Å². The summed E-state index contributed by atoms with van der Waals surface area (Å²) in [4.78, 5) is 22.6. The van der Waals surface area contributed by atoms with Crippen LogP contribution in [-0.2, 0) is 13.0 Å². The van der Waals surface area contributed by atoms with Crippen LogP contribution in [0.3, 0.4) is 0 Å². The van der Waals surface area contributed by atoms with Gasteiger partial charge in [-0.25, -0.2) is 4.98 Å². The van der Waals surface area contributed by atoms with Crippen molar-refractivity contribution in [2.75, 3.05) is 31.1 Å². The molecule has 0 aliphatic carbocycles. The molecular weight excluding hydrogens is 292 g/mol. The number of nitrogens with one attached hydrogen (secondary N) is 1. The third kappa shape index (κ3) is 3.71. The number of rotatable bonds is 4. The van der Waals surface area contributed by atoms with Crippen molar-refractivity contribution >= 4 is 5.82 Å². The summed E-state index contributed by atoms with van der Waals surface area (Å²) in [6, 6.07) is 7.37. The Bertz CT molecular complexity index is 721. The van der Waals surface area contributed by atoms with Crippen molar-refractivity contribution < 1.29 is 5.11 Å². The number of H-pyrrole nitrogens is 1. The van der Waals surface area contributed by atoms with Crippen molar-refractivity contribution in [3.63, 3.8) is 0 Å². The topological polar surface area (TPSA) is 72.5 Å². The maximum Gasteiger partial charge on any atom is 0.252 e. The highest BCUT2D eigenvalue weighted by atomic mass is 16.3. The SMILES string of the molecule is CCc1ccc(O)c(CN2CCN(c3cc(=O)[nH]cn3)CC2)c1. The number of aromatic hydroxyl groups is 1. The molecule has 23 heavy (non-hydrogen) atoms. The molecule has 0 bridgehead atoms. The number of benzene rings is 1. The molecule has 2 heterocycles.